The zero-order valence-electron chi connectivity index (χ0n) is 11.1. The van der Waals surface area contributed by atoms with E-state index >= 15 is 0 Å². The second kappa shape index (κ2) is 3.56. The van der Waals surface area contributed by atoms with Crippen LogP contribution in [0.4, 0.5) is 0 Å². The molecule has 0 radical (unpaired) electrons. The van der Waals surface area contributed by atoms with E-state index in [1.165, 1.54) is 0 Å². The Morgan fingerprint density at radius 2 is 1.82 bits per heavy atom. The molecule has 17 heavy (non-hydrogen) atoms. The molecule has 0 aromatic carbocycles. The van der Waals surface area contributed by atoms with Crippen LogP contribution in [0.1, 0.15) is 38.1 Å². The third-order valence-electron chi connectivity index (χ3n) is 4.52. The van der Waals surface area contributed by atoms with Crippen molar-refractivity contribution >= 4 is 5.78 Å². The summed E-state index contributed by atoms with van der Waals surface area (Å²) in [7, 11) is 1.58. The van der Waals surface area contributed by atoms with Crippen molar-refractivity contribution < 1.29 is 9.53 Å². The van der Waals surface area contributed by atoms with Gasteiger partial charge in [-0.25, -0.2) is 0 Å². The van der Waals surface area contributed by atoms with Crippen LogP contribution in [0, 0.1) is 16.7 Å². The molecule has 0 amide bonds. The summed E-state index contributed by atoms with van der Waals surface area (Å²) in [5.74, 6) is 0.877. The molecule has 0 N–H and O–H groups in total. The highest BCUT2D eigenvalue weighted by molar-refractivity contribution is 6.01. The smallest absolute Gasteiger partial charge is 0.168 e. The van der Waals surface area contributed by atoms with Crippen LogP contribution >= 0.6 is 0 Å². The van der Waals surface area contributed by atoms with Gasteiger partial charge < -0.3 is 4.74 Å². The highest BCUT2D eigenvalue weighted by atomic mass is 16.5. The molecule has 92 valence electrons. The number of ketones is 1. The third kappa shape index (κ3) is 1.65. The van der Waals surface area contributed by atoms with E-state index in [0.29, 0.717) is 11.3 Å². The van der Waals surface area contributed by atoms with E-state index in [1.54, 1.807) is 25.6 Å². The fraction of sp³-hybridized carbons (Fsp3) is 0.571. The first-order valence-corrected chi connectivity index (χ1v) is 5.85. The molecule has 0 saturated heterocycles. The quantitative estimate of drug-likeness (QED) is 0.753. The Kier molecular flexibility index (Phi) is 2.53. The minimum absolute atomic E-state index is 0.0627. The van der Waals surface area contributed by atoms with Gasteiger partial charge in [-0.15, -0.1) is 0 Å². The van der Waals surface area contributed by atoms with Gasteiger partial charge >= 0.3 is 0 Å². The number of aromatic nitrogens is 1. The Balaban J connectivity index is 2.28. The third-order valence-corrected chi connectivity index (χ3v) is 4.52. The number of rotatable bonds is 3. The Morgan fingerprint density at radius 1 is 1.24 bits per heavy atom. The number of Topliss-reactive ketones (excluding diaryl/α,β-unsaturated/α-hetero) is 1. The summed E-state index contributed by atoms with van der Waals surface area (Å²) in [6.07, 6.45) is 3.23. The van der Waals surface area contributed by atoms with Gasteiger partial charge in [0.2, 0.25) is 0 Å². The second-order valence-corrected chi connectivity index (χ2v) is 5.85. The van der Waals surface area contributed by atoms with Crippen molar-refractivity contribution in [1.29, 1.82) is 0 Å². The number of pyridine rings is 1. The molecular weight excluding hydrogens is 214 g/mol. The van der Waals surface area contributed by atoms with E-state index in [0.717, 1.165) is 0 Å². The van der Waals surface area contributed by atoms with Crippen LogP contribution in [-0.4, -0.2) is 17.9 Å². The Bertz CT molecular complexity index is 449. The van der Waals surface area contributed by atoms with Crippen molar-refractivity contribution in [1.82, 2.24) is 4.98 Å². The van der Waals surface area contributed by atoms with Crippen LogP contribution in [-0.2, 0) is 0 Å². The maximum absolute atomic E-state index is 12.4. The standard InChI is InChI=1S/C14H19NO2/c1-13(2)12(14(13,3)4)11(16)9-6-10(17-5)8-15-7-9/h6-8,12H,1-5H3. The fourth-order valence-corrected chi connectivity index (χ4v) is 2.68. The number of carbonyl (C=O) groups excluding carboxylic acids is 1. The number of carbonyl (C=O) groups is 1. The van der Waals surface area contributed by atoms with Crippen LogP contribution in [0.15, 0.2) is 18.5 Å². The number of methoxy groups -OCH3 is 1. The molecule has 0 bridgehead atoms. The van der Waals surface area contributed by atoms with E-state index in [9.17, 15) is 4.79 Å². The summed E-state index contributed by atoms with van der Waals surface area (Å²) >= 11 is 0. The molecule has 3 nitrogen and oxygen atoms in total. The largest absolute Gasteiger partial charge is 0.495 e. The normalized spacial score (nSPS) is 21.0. The van der Waals surface area contributed by atoms with Gasteiger partial charge in [0.25, 0.3) is 0 Å². The highest BCUT2D eigenvalue weighted by Gasteiger charge is 2.67. The lowest BCUT2D eigenvalue weighted by Crippen LogP contribution is -2.08. The van der Waals surface area contributed by atoms with Crippen LogP contribution in [0.25, 0.3) is 0 Å². The number of hydrogen-bond donors (Lipinski definition) is 0. The van der Waals surface area contributed by atoms with E-state index in [2.05, 4.69) is 32.7 Å². The minimum Gasteiger partial charge on any atom is -0.495 e. The first-order chi connectivity index (χ1) is 7.82. The molecule has 0 atom stereocenters. The van der Waals surface area contributed by atoms with Gasteiger partial charge in [-0.1, -0.05) is 27.7 Å². The SMILES string of the molecule is COc1cncc(C(=O)C2C(C)(C)C2(C)C)c1. The molecular formula is C14H19NO2. The van der Waals surface area contributed by atoms with E-state index in [4.69, 9.17) is 4.74 Å². The van der Waals surface area contributed by atoms with Gasteiger partial charge in [0, 0.05) is 17.7 Å². The predicted octanol–water partition coefficient (Wildman–Crippen LogP) is 2.96. The molecule has 0 unspecified atom stereocenters. The molecule has 0 aliphatic heterocycles. The van der Waals surface area contributed by atoms with Crippen molar-refractivity contribution in [2.24, 2.45) is 16.7 Å². The van der Waals surface area contributed by atoms with Crippen molar-refractivity contribution in [3.8, 4) is 5.75 Å². The van der Waals surface area contributed by atoms with Gasteiger partial charge in [-0.05, 0) is 16.9 Å². The van der Waals surface area contributed by atoms with Gasteiger partial charge in [0.05, 0.1) is 13.3 Å². The van der Waals surface area contributed by atoms with Crippen molar-refractivity contribution in [3.63, 3.8) is 0 Å². The monoisotopic (exact) mass is 233 g/mol. The van der Waals surface area contributed by atoms with Crippen molar-refractivity contribution in [3.05, 3.63) is 24.0 Å². The Labute approximate surface area is 102 Å². The van der Waals surface area contributed by atoms with Crippen LogP contribution in [0.3, 0.4) is 0 Å². The molecule has 1 heterocycles. The average molecular weight is 233 g/mol. The Hall–Kier alpha value is -1.38. The topological polar surface area (TPSA) is 39.2 Å². The first kappa shape index (κ1) is 12.1. The lowest BCUT2D eigenvalue weighted by Gasteiger charge is -2.04. The van der Waals surface area contributed by atoms with Crippen LogP contribution < -0.4 is 4.74 Å². The first-order valence-electron chi connectivity index (χ1n) is 5.85. The van der Waals surface area contributed by atoms with Crippen molar-refractivity contribution in [2.75, 3.05) is 7.11 Å². The molecule has 1 saturated carbocycles. The van der Waals surface area contributed by atoms with Gasteiger partial charge in [-0.3, -0.25) is 9.78 Å². The lowest BCUT2D eigenvalue weighted by molar-refractivity contribution is 0.0944. The maximum Gasteiger partial charge on any atom is 0.168 e. The molecule has 1 aliphatic carbocycles. The lowest BCUT2D eigenvalue weighted by atomic mass is 10.0. The van der Waals surface area contributed by atoms with Crippen LogP contribution in [0.2, 0.25) is 0 Å². The summed E-state index contributed by atoms with van der Waals surface area (Å²) in [6.45, 7) is 8.57. The molecule has 1 aromatic heterocycles. The predicted molar refractivity (Wildman–Crippen MR) is 66.2 cm³/mol. The molecule has 2 rings (SSSR count). The van der Waals surface area contributed by atoms with Crippen molar-refractivity contribution in [2.45, 2.75) is 27.7 Å². The van der Waals surface area contributed by atoms with E-state index in [-0.39, 0.29) is 22.5 Å². The molecule has 3 heteroatoms. The summed E-state index contributed by atoms with van der Waals surface area (Å²) in [4.78, 5) is 16.4. The van der Waals surface area contributed by atoms with E-state index in [1.807, 2.05) is 0 Å². The van der Waals surface area contributed by atoms with Crippen LogP contribution in [0.5, 0.6) is 5.75 Å². The summed E-state index contributed by atoms with van der Waals surface area (Å²) in [6, 6.07) is 1.76. The molecule has 1 aliphatic rings. The molecule has 0 spiro atoms. The highest BCUT2D eigenvalue weighted by Crippen LogP contribution is 2.69. The summed E-state index contributed by atoms with van der Waals surface area (Å²) in [5, 5.41) is 0. The zero-order valence-corrected chi connectivity index (χ0v) is 11.1. The number of hydrogen-bond acceptors (Lipinski definition) is 3. The van der Waals surface area contributed by atoms with Gasteiger partial charge in [-0.2, -0.15) is 0 Å². The zero-order chi connectivity index (χ0) is 12.8. The summed E-state index contributed by atoms with van der Waals surface area (Å²) < 4.78 is 5.09. The van der Waals surface area contributed by atoms with E-state index < -0.39 is 0 Å². The fourth-order valence-electron chi connectivity index (χ4n) is 2.68. The molecule has 1 fully saturated rings. The number of nitrogens with zero attached hydrogens (tertiary/aromatic N) is 1. The number of ether oxygens (including phenoxy) is 1. The van der Waals surface area contributed by atoms with Gasteiger partial charge in [0.15, 0.2) is 5.78 Å². The molecule has 1 aromatic rings. The minimum atomic E-state index is 0.0627. The maximum atomic E-state index is 12.4. The Morgan fingerprint density at radius 3 is 2.29 bits per heavy atom. The van der Waals surface area contributed by atoms with Gasteiger partial charge in [0.1, 0.15) is 5.75 Å². The second-order valence-electron chi connectivity index (χ2n) is 5.85. The summed E-state index contributed by atoms with van der Waals surface area (Å²) in [5.41, 5.74) is 0.772. The average Bonchev–Trinajstić information content (AvgIpc) is 2.69.